The lowest BCUT2D eigenvalue weighted by atomic mass is 9.87. The summed E-state index contributed by atoms with van der Waals surface area (Å²) in [6, 6.07) is 2.31. The molecule has 1 heterocycles. The topological polar surface area (TPSA) is 15.3 Å². The summed E-state index contributed by atoms with van der Waals surface area (Å²) in [5.74, 6) is 0.927. The van der Waals surface area contributed by atoms with Gasteiger partial charge in [0.05, 0.1) is 0 Å². The summed E-state index contributed by atoms with van der Waals surface area (Å²) < 4.78 is 0. The Morgan fingerprint density at radius 3 is 2.71 bits per heavy atom. The minimum Gasteiger partial charge on any atom is -0.311 e. The maximum atomic E-state index is 3.75. The molecule has 82 valence electrons. The molecule has 1 saturated heterocycles. The van der Waals surface area contributed by atoms with E-state index in [0.717, 1.165) is 18.0 Å². The number of nitrogens with one attached hydrogen (secondary N) is 1. The molecule has 0 aromatic rings. The van der Waals surface area contributed by atoms with Crippen molar-refractivity contribution in [3.8, 4) is 0 Å². The van der Waals surface area contributed by atoms with Gasteiger partial charge in [-0.15, -0.1) is 0 Å². The first-order chi connectivity index (χ1) is 6.68. The first-order valence-electron chi connectivity index (χ1n) is 6.15. The number of hydrogen-bond acceptors (Lipinski definition) is 2. The van der Waals surface area contributed by atoms with Crippen LogP contribution in [0.4, 0.5) is 0 Å². The number of nitrogens with zero attached hydrogens (tertiary/aromatic N) is 1. The first-order valence-corrected chi connectivity index (χ1v) is 6.15. The van der Waals surface area contributed by atoms with Crippen molar-refractivity contribution in [2.45, 2.75) is 57.7 Å². The maximum absolute atomic E-state index is 3.75. The van der Waals surface area contributed by atoms with Gasteiger partial charge in [0.1, 0.15) is 0 Å². The predicted octanol–water partition coefficient (Wildman–Crippen LogP) is 1.86. The van der Waals surface area contributed by atoms with Gasteiger partial charge in [0.15, 0.2) is 0 Å². The van der Waals surface area contributed by atoms with E-state index in [0.29, 0.717) is 6.04 Å². The molecule has 0 aromatic heterocycles. The van der Waals surface area contributed by atoms with Gasteiger partial charge in [-0.3, -0.25) is 0 Å². The Labute approximate surface area is 88.1 Å². The van der Waals surface area contributed by atoms with E-state index in [-0.39, 0.29) is 0 Å². The van der Waals surface area contributed by atoms with Crippen molar-refractivity contribution < 1.29 is 0 Å². The molecule has 2 aliphatic rings. The van der Waals surface area contributed by atoms with E-state index in [9.17, 15) is 0 Å². The molecule has 1 saturated carbocycles. The quantitative estimate of drug-likeness (QED) is 0.725. The molecule has 1 N–H and O–H groups in total. The van der Waals surface area contributed by atoms with Crippen molar-refractivity contribution >= 4 is 0 Å². The molecule has 3 atom stereocenters. The lowest BCUT2D eigenvalue weighted by Gasteiger charge is -2.41. The van der Waals surface area contributed by atoms with E-state index in [2.05, 4.69) is 31.1 Å². The summed E-state index contributed by atoms with van der Waals surface area (Å²) in [5.41, 5.74) is 0. The maximum Gasteiger partial charge on any atom is 0.0135 e. The molecule has 2 fully saturated rings. The Bertz CT molecular complexity index is 191. The lowest BCUT2D eigenvalue weighted by Crippen LogP contribution is -2.53. The van der Waals surface area contributed by atoms with Crippen molar-refractivity contribution in [1.82, 2.24) is 10.2 Å². The molecule has 2 rings (SSSR count). The molecule has 0 radical (unpaired) electrons. The van der Waals surface area contributed by atoms with Gasteiger partial charge >= 0.3 is 0 Å². The Morgan fingerprint density at radius 2 is 2.00 bits per heavy atom. The molecule has 0 aromatic carbocycles. The van der Waals surface area contributed by atoms with Crippen LogP contribution in [0.2, 0.25) is 0 Å². The van der Waals surface area contributed by atoms with Gasteiger partial charge in [-0.2, -0.15) is 0 Å². The van der Waals surface area contributed by atoms with Gasteiger partial charge < -0.3 is 10.2 Å². The van der Waals surface area contributed by atoms with Gasteiger partial charge in [-0.25, -0.2) is 0 Å². The number of rotatable bonds is 2. The first kappa shape index (κ1) is 10.4. The molecule has 0 amide bonds. The molecule has 0 bridgehead atoms. The van der Waals surface area contributed by atoms with Crippen LogP contribution in [0.25, 0.3) is 0 Å². The largest absolute Gasteiger partial charge is 0.311 e. The van der Waals surface area contributed by atoms with Crippen LogP contribution in [0.15, 0.2) is 0 Å². The second kappa shape index (κ2) is 4.19. The fourth-order valence-corrected chi connectivity index (χ4v) is 3.34. The Kier molecular flexibility index (Phi) is 3.13. The van der Waals surface area contributed by atoms with Crippen molar-refractivity contribution in [2.24, 2.45) is 5.92 Å². The van der Waals surface area contributed by atoms with Gasteiger partial charge in [0.2, 0.25) is 0 Å². The predicted molar refractivity (Wildman–Crippen MR) is 60.4 cm³/mol. The molecule has 2 nitrogen and oxygen atoms in total. The fourth-order valence-electron chi connectivity index (χ4n) is 3.34. The van der Waals surface area contributed by atoms with E-state index in [4.69, 9.17) is 0 Å². The average molecular weight is 196 g/mol. The minimum absolute atomic E-state index is 0.643. The summed E-state index contributed by atoms with van der Waals surface area (Å²) in [6.07, 6.45) is 5.66. The lowest BCUT2D eigenvalue weighted by molar-refractivity contribution is 0.106. The Hall–Kier alpha value is -0.0800. The second-order valence-electron chi connectivity index (χ2n) is 5.36. The van der Waals surface area contributed by atoms with E-state index in [1.807, 2.05) is 0 Å². The van der Waals surface area contributed by atoms with Crippen LogP contribution >= 0.6 is 0 Å². The summed E-state index contributed by atoms with van der Waals surface area (Å²) in [4.78, 5) is 2.58. The molecule has 3 unspecified atom stereocenters. The molecule has 2 heteroatoms. The zero-order valence-corrected chi connectivity index (χ0v) is 9.79. The molecule has 1 aliphatic carbocycles. The standard InChI is InChI=1S/C12H24N2/c1-9(2)13-11-7-8-14(3)12-6-4-5-10(11)12/h9-13H,4-8H2,1-3H3. The third kappa shape index (κ3) is 1.96. The minimum atomic E-state index is 0.643. The molecule has 1 aliphatic heterocycles. The van der Waals surface area contributed by atoms with Gasteiger partial charge in [-0.1, -0.05) is 20.3 Å². The third-order valence-corrected chi connectivity index (χ3v) is 3.95. The van der Waals surface area contributed by atoms with Crippen LogP contribution < -0.4 is 5.32 Å². The number of hydrogen-bond donors (Lipinski definition) is 1. The van der Waals surface area contributed by atoms with E-state index in [1.165, 1.54) is 32.2 Å². The summed E-state index contributed by atoms with van der Waals surface area (Å²) in [6.45, 7) is 5.82. The van der Waals surface area contributed by atoms with E-state index >= 15 is 0 Å². The van der Waals surface area contributed by atoms with Crippen LogP contribution in [-0.2, 0) is 0 Å². The van der Waals surface area contributed by atoms with Gasteiger partial charge in [0.25, 0.3) is 0 Å². The van der Waals surface area contributed by atoms with Crippen molar-refractivity contribution in [2.75, 3.05) is 13.6 Å². The smallest absolute Gasteiger partial charge is 0.0135 e. The van der Waals surface area contributed by atoms with Crippen LogP contribution in [-0.4, -0.2) is 36.6 Å². The highest BCUT2D eigenvalue weighted by atomic mass is 15.2. The van der Waals surface area contributed by atoms with Gasteiger partial charge in [-0.05, 0) is 38.8 Å². The zero-order valence-electron chi connectivity index (χ0n) is 9.79. The van der Waals surface area contributed by atoms with E-state index in [1.54, 1.807) is 0 Å². The van der Waals surface area contributed by atoms with Crippen molar-refractivity contribution in [3.63, 3.8) is 0 Å². The van der Waals surface area contributed by atoms with E-state index < -0.39 is 0 Å². The molecular formula is C12H24N2. The van der Waals surface area contributed by atoms with Gasteiger partial charge in [0, 0.05) is 18.1 Å². The highest BCUT2D eigenvalue weighted by molar-refractivity contribution is 4.96. The monoisotopic (exact) mass is 196 g/mol. The number of fused-ring (bicyclic) bond motifs is 1. The fraction of sp³-hybridized carbons (Fsp3) is 1.00. The second-order valence-corrected chi connectivity index (χ2v) is 5.36. The molecule has 14 heavy (non-hydrogen) atoms. The van der Waals surface area contributed by atoms with Crippen molar-refractivity contribution in [1.29, 1.82) is 0 Å². The molecular weight excluding hydrogens is 172 g/mol. The normalized spacial score (nSPS) is 39.0. The summed E-state index contributed by atoms with van der Waals surface area (Å²) in [5, 5.41) is 3.75. The Balaban J connectivity index is 1.98. The zero-order chi connectivity index (χ0) is 10.1. The SMILES string of the molecule is CC(C)NC1CCN(C)C2CCCC12. The highest BCUT2D eigenvalue weighted by Crippen LogP contribution is 2.36. The van der Waals surface area contributed by atoms with Crippen LogP contribution in [0.5, 0.6) is 0 Å². The van der Waals surface area contributed by atoms with Crippen LogP contribution in [0.1, 0.15) is 39.5 Å². The summed E-state index contributed by atoms with van der Waals surface area (Å²) in [7, 11) is 2.30. The molecule has 0 spiro atoms. The summed E-state index contributed by atoms with van der Waals surface area (Å²) >= 11 is 0. The van der Waals surface area contributed by atoms with Crippen LogP contribution in [0, 0.1) is 5.92 Å². The average Bonchev–Trinajstić information content (AvgIpc) is 2.58. The van der Waals surface area contributed by atoms with Crippen LogP contribution in [0.3, 0.4) is 0 Å². The number of likely N-dealkylation sites (tertiary alicyclic amines) is 1. The van der Waals surface area contributed by atoms with Crippen molar-refractivity contribution in [3.05, 3.63) is 0 Å². The highest BCUT2D eigenvalue weighted by Gasteiger charge is 2.39. The number of piperidine rings is 1. The third-order valence-electron chi connectivity index (χ3n) is 3.95. The Morgan fingerprint density at radius 1 is 1.21 bits per heavy atom.